The van der Waals surface area contributed by atoms with E-state index in [4.69, 9.17) is 0 Å². The van der Waals surface area contributed by atoms with Gasteiger partial charge in [-0.25, -0.2) is 0 Å². The summed E-state index contributed by atoms with van der Waals surface area (Å²) in [5.74, 6) is 6.19. The van der Waals surface area contributed by atoms with Crippen LogP contribution in [0.5, 0.6) is 0 Å². The van der Waals surface area contributed by atoms with Crippen LogP contribution in [0.3, 0.4) is 0 Å². The molecule has 8 saturated carbocycles. The highest BCUT2D eigenvalue weighted by Crippen LogP contribution is 2.61. The number of hydrogen-bond donors (Lipinski definition) is 0. The van der Waals surface area contributed by atoms with Crippen molar-refractivity contribution in [3.63, 3.8) is 0 Å². The predicted molar refractivity (Wildman–Crippen MR) is 135 cm³/mol. The molecule has 8 aliphatic carbocycles. The van der Waals surface area contributed by atoms with E-state index in [0.717, 1.165) is 41.9 Å². The second-order valence-corrected chi connectivity index (χ2v) is 14.0. The zero-order chi connectivity index (χ0) is 21.6. The van der Waals surface area contributed by atoms with Gasteiger partial charge in [0.1, 0.15) is 0 Å². The lowest BCUT2D eigenvalue weighted by atomic mass is 9.48. The Morgan fingerprint density at radius 1 is 0.424 bits per heavy atom. The maximum atomic E-state index is 2.52. The first-order chi connectivity index (χ1) is 16.1. The van der Waals surface area contributed by atoms with Gasteiger partial charge in [-0.2, -0.15) is 0 Å². The summed E-state index contributed by atoms with van der Waals surface area (Å²) in [6, 6.07) is 19.9. The highest BCUT2D eigenvalue weighted by Gasteiger charge is 2.52. The Labute approximate surface area is 200 Å². The van der Waals surface area contributed by atoms with Crippen LogP contribution >= 0.6 is 0 Å². The summed E-state index contributed by atoms with van der Waals surface area (Å²) < 4.78 is 0. The smallest absolute Gasteiger partial charge is 0.00258 e. The molecule has 0 atom stereocenters. The van der Waals surface area contributed by atoms with Crippen LogP contribution in [0, 0.1) is 35.5 Å². The molecule has 8 fully saturated rings. The van der Waals surface area contributed by atoms with E-state index in [-0.39, 0.29) is 0 Å². The Morgan fingerprint density at radius 3 is 0.970 bits per heavy atom. The largest absolute Gasteiger partial charge is 0.0584 e. The van der Waals surface area contributed by atoms with Gasteiger partial charge in [0.15, 0.2) is 0 Å². The SMILES string of the molecule is c1cc(C23CC4CC(CC(C4)C2)C3)ccc1Cc1ccc(C23CC4CC(CC(C4)C2)C3)cc1. The minimum absolute atomic E-state index is 0.535. The quantitative estimate of drug-likeness (QED) is 0.453. The Balaban J connectivity index is 0.994. The lowest BCUT2D eigenvalue weighted by Gasteiger charge is -2.57. The van der Waals surface area contributed by atoms with E-state index in [9.17, 15) is 0 Å². The molecule has 0 nitrogen and oxygen atoms in total. The molecule has 172 valence electrons. The van der Waals surface area contributed by atoms with Crippen LogP contribution in [0.2, 0.25) is 0 Å². The maximum absolute atomic E-state index is 2.52. The van der Waals surface area contributed by atoms with Gasteiger partial charge < -0.3 is 0 Å². The van der Waals surface area contributed by atoms with Crippen molar-refractivity contribution >= 4 is 0 Å². The van der Waals surface area contributed by atoms with Gasteiger partial charge in [-0.15, -0.1) is 0 Å². The van der Waals surface area contributed by atoms with Crippen LogP contribution in [0.25, 0.3) is 0 Å². The van der Waals surface area contributed by atoms with E-state index >= 15 is 0 Å². The molecule has 0 aliphatic heterocycles. The minimum atomic E-state index is 0.535. The lowest BCUT2D eigenvalue weighted by Crippen LogP contribution is -2.48. The van der Waals surface area contributed by atoms with Crippen molar-refractivity contribution in [2.75, 3.05) is 0 Å². The summed E-state index contributed by atoms with van der Waals surface area (Å²) in [4.78, 5) is 0. The molecule has 8 bridgehead atoms. The summed E-state index contributed by atoms with van der Waals surface area (Å²) >= 11 is 0. The van der Waals surface area contributed by atoms with Crippen LogP contribution in [0.1, 0.15) is 99.3 Å². The molecule has 0 saturated heterocycles. The number of rotatable bonds is 4. The molecule has 0 N–H and O–H groups in total. The first kappa shape index (κ1) is 19.7. The molecule has 10 rings (SSSR count). The van der Waals surface area contributed by atoms with Gasteiger partial charge in [0.25, 0.3) is 0 Å². The Hall–Kier alpha value is -1.56. The van der Waals surface area contributed by atoms with Crippen molar-refractivity contribution in [1.82, 2.24) is 0 Å². The predicted octanol–water partition coefficient (Wildman–Crippen LogP) is 8.21. The molecule has 0 spiro atoms. The number of benzene rings is 2. The summed E-state index contributed by atoms with van der Waals surface area (Å²) in [6.07, 6.45) is 19.2. The molecule has 2 aromatic rings. The van der Waals surface area contributed by atoms with Crippen LogP contribution in [-0.2, 0) is 17.3 Å². The minimum Gasteiger partial charge on any atom is -0.0584 e. The van der Waals surface area contributed by atoms with Gasteiger partial charge in [0.05, 0.1) is 0 Å². The van der Waals surface area contributed by atoms with Gasteiger partial charge in [-0.3, -0.25) is 0 Å². The fourth-order valence-electron chi connectivity index (χ4n) is 11.1. The van der Waals surface area contributed by atoms with Gasteiger partial charge >= 0.3 is 0 Å². The molecule has 33 heavy (non-hydrogen) atoms. The van der Waals surface area contributed by atoms with Gasteiger partial charge in [0, 0.05) is 0 Å². The Morgan fingerprint density at radius 2 is 0.697 bits per heavy atom. The van der Waals surface area contributed by atoms with Gasteiger partial charge in [-0.05, 0) is 152 Å². The first-order valence-electron chi connectivity index (χ1n) is 14.3. The van der Waals surface area contributed by atoms with E-state index in [0.29, 0.717) is 10.8 Å². The fraction of sp³-hybridized carbons (Fsp3) is 0.636. The van der Waals surface area contributed by atoms with Crippen LogP contribution in [0.4, 0.5) is 0 Å². The summed E-state index contributed by atoms with van der Waals surface area (Å²) in [5, 5.41) is 0. The topological polar surface area (TPSA) is 0 Å². The molecule has 0 aromatic heterocycles. The van der Waals surface area contributed by atoms with Crippen LogP contribution in [0.15, 0.2) is 48.5 Å². The van der Waals surface area contributed by atoms with Crippen molar-refractivity contribution in [3.8, 4) is 0 Å². The second kappa shape index (κ2) is 6.99. The van der Waals surface area contributed by atoms with Crippen molar-refractivity contribution in [3.05, 3.63) is 70.8 Å². The molecule has 8 aliphatic rings. The molecular formula is C33H40. The summed E-state index contributed by atoms with van der Waals surface area (Å²) in [5.41, 5.74) is 7.39. The second-order valence-electron chi connectivity index (χ2n) is 14.0. The van der Waals surface area contributed by atoms with E-state index in [1.807, 2.05) is 0 Å². The van der Waals surface area contributed by atoms with Crippen LogP contribution in [-0.4, -0.2) is 0 Å². The van der Waals surface area contributed by atoms with Crippen molar-refractivity contribution < 1.29 is 0 Å². The molecule has 0 heteroatoms. The standard InChI is InChI=1S/C33H40/c1-5-30(32-16-24-10-25(17-32)12-26(11-24)18-32)6-2-22(1)9-23-3-7-31(8-4-23)33-19-27-13-28(20-33)15-29(14-27)21-33/h1-8,24-29H,9-21H2. The maximum Gasteiger partial charge on any atom is -0.00258 e. The molecule has 0 amide bonds. The molecule has 0 heterocycles. The Kier molecular flexibility index (Phi) is 4.18. The first-order valence-corrected chi connectivity index (χ1v) is 14.3. The summed E-state index contributed by atoms with van der Waals surface area (Å²) in [7, 11) is 0. The average molecular weight is 437 g/mol. The highest BCUT2D eigenvalue weighted by molar-refractivity contribution is 5.37. The van der Waals surface area contributed by atoms with E-state index in [1.54, 1.807) is 11.1 Å². The monoisotopic (exact) mass is 436 g/mol. The molecular weight excluding hydrogens is 396 g/mol. The third-order valence-electron chi connectivity index (χ3n) is 11.6. The molecule has 0 radical (unpaired) electrons. The zero-order valence-electron chi connectivity index (χ0n) is 20.3. The third-order valence-corrected chi connectivity index (χ3v) is 11.6. The van der Waals surface area contributed by atoms with Crippen molar-refractivity contribution in [2.45, 2.75) is 94.3 Å². The fourth-order valence-corrected chi connectivity index (χ4v) is 11.1. The normalized spacial score (nSPS) is 44.5. The number of hydrogen-bond acceptors (Lipinski definition) is 0. The molecule has 2 aromatic carbocycles. The molecule has 0 unspecified atom stereocenters. The van der Waals surface area contributed by atoms with E-state index in [1.165, 1.54) is 88.2 Å². The highest BCUT2D eigenvalue weighted by atomic mass is 14.6. The van der Waals surface area contributed by atoms with Crippen molar-refractivity contribution in [1.29, 1.82) is 0 Å². The Bertz CT molecular complexity index is 882. The third kappa shape index (κ3) is 3.15. The van der Waals surface area contributed by atoms with Gasteiger partial charge in [-0.1, -0.05) is 48.5 Å². The zero-order valence-corrected chi connectivity index (χ0v) is 20.3. The van der Waals surface area contributed by atoms with Crippen LogP contribution < -0.4 is 0 Å². The average Bonchev–Trinajstić information content (AvgIpc) is 2.78. The van der Waals surface area contributed by atoms with Gasteiger partial charge in [0.2, 0.25) is 0 Å². The van der Waals surface area contributed by atoms with E-state index < -0.39 is 0 Å². The van der Waals surface area contributed by atoms with E-state index in [2.05, 4.69) is 48.5 Å². The van der Waals surface area contributed by atoms with Crippen molar-refractivity contribution in [2.24, 2.45) is 35.5 Å². The summed E-state index contributed by atoms with van der Waals surface area (Å²) in [6.45, 7) is 0. The lowest BCUT2D eigenvalue weighted by molar-refractivity contribution is -0.00530.